The van der Waals surface area contributed by atoms with E-state index < -0.39 is 11.6 Å². The molecule has 1 aromatic carbocycles. The van der Waals surface area contributed by atoms with Gasteiger partial charge >= 0.3 is 0 Å². The third kappa shape index (κ3) is 5.63. The van der Waals surface area contributed by atoms with Crippen molar-refractivity contribution in [1.29, 1.82) is 0 Å². The molecule has 2 aromatic rings. The van der Waals surface area contributed by atoms with Gasteiger partial charge in [0.25, 0.3) is 0 Å². The van der Waals surface area contributed by atoms with E-state index in [2.05, 4.69) is 34.6 Å². The van der Waals surface area contributed by atoms with Gasteiger partial charge in [0.2, 0.25) is 0 Å². The lowest BCUT2D eigenvalue weighted by Crippen LogP contribution is -2.38. The van der Waals surface area contributed by atoms with Crippen LogP contribution in [0.5, 0.6) is 0 Å². The number of guanidine groups is 1. The van der Waals surface area contributed by atoms with Crippen LogP contribution in [0.4, 0.5) is 8.78 Å². The number of halogens is 3. The molecule has 8 heteroatoms. The number of rotatable bonds is 6. The van der Waals surface area contributed by atoms with Crippen LogP contribution in [-0.2, 0) is 26.4 Å². The summed E-state index contributed by atoms with van der Waals surface area (Å²) in [6, 6.07) is 3.23. The fourth-order valence-corrected chi connectivity index (χ4v) is 3.10. The topological polar surface area (TPSA) is 54.2 Å². The van der Waals surface area contributed by atoms with E-state index in [1.807, 2.05) is 18.7 Å². The molecule has 27 heavy (non-hydrogen) atoms. The fourth-order valence-electron chi connectivity index (χ4n) is 3.10. The molecule has 1 aromatic heterocycles. The Kier molecular flexibility index (Phi) is 9.14. The maximum absolute atomic E-state index is 14.0. The number of aliphatic imine (C=N–C) groups is 1. The average Bonchev–Trinajstić information content (AvgIpc) is 2.92. The maximum Gasteiger partial charge on any atom is 0.191 e. The van der Waals surface area contributed by atoms with Crippen molar-refractivity contribution >= 4 is 29.9 Å². The van der Waals surface area contributed by atoms with Crippen LogP contribution in [0.1, 0.15) is 49.3 Å². The molecule has 150 valence electrons. The van der Waals surface area contributed by atoms with Crippen LogP contribution in [0, 0.1) is 11.6 Å². The molecule has 2 rings (SSSR count). The van der Waals surface area contributed by atoms with E-state index in [1.165, 1.54) is 23.4 Å². The van der Waals surface area contributed by atoms with E-state index in [0.717, 1.165) is 24.6 Å². The van der Waals surface area contributed by atoms with Gasteiger partial charge in [-0.2, -0.15) is 5.10 Å². The minimum absolute atomic E-state index is 0. The summed E-state index contributed by atoms with van der Waals surface area (Å²) in [7, 11) is 3.61. The highest BCUT2D eigenvalue weighted by Gasteiger charge is 2.16. The van der Waals surface area contributed by atoms with Crippen LogP contribution < -0.4 is 10.6 Å². The Labute approximate surface area is 176 Å². The summed E-state index contributed by atoms with van der Waals surface area (Å²) in [6.07, 6.45) is 1.75. The number of aromatic nitrogens is 2. The first-order valence-electron chi connectivity index (χ1n) is 8.86. The summed E-state index contributed by atoms with van der Waals surface area (Å²) in [5.41, 5.74) is 3.80. The van der Waals surface area contributed by atoms with Gasteiger partial charge in [-0.25, -0.2) is 8.78 Å². The van der Waals surface area contributed by atoms with Crippen molar-refractivity contribution < 1.29 is 8.78 Å². The molecule has 0 aliphatic rings. The number of hydrogen-bond donors (Lipinski definition) is 2. The summed E-state index contributed by atoms with van der Waals surface area (Å²) in [4.78, 5) is 4.20. The lowest BCUT2D eigenvalue weighted by molar-refractivity contribution is 0.550. The van der Waals surface area contributed by atoms with Gasteiger partial charge in [-0.3, -0.25) is 9.67 Å². The number of aryl methyl sites for hydroxylation is 2. The summed E-state index contributed by atoms with van der Waals surface area (Å²) in [5, 5.41) is 11.0. The van der Waals surface area contributed by atoms with E-state index in [1.54, 1.807) is 7.05 Å². The van der Waals surface area contributed by atoms with Gasteiger partial charge in [0.1, 0.15) is 11.6 Å². The Morgan fingerprint density at radius 2 is 1.96 bits per heavy atom. The van der Waals surface area contributed by atoms with Crippen LogP contribution in [0.25, 0.3) is 0 Å². The zero-order chi connectivity index (χ0) is 19.3. The summed E-state index contributed by atoms with van der Waals surface area (Å²) in [5.74, 6) is -0.611. The minimum Gasteiger partial charge on any atom is -0.352 e. The second kappa shape index (κ2) is 10.6. The molecule has 0 saturated carbocycles. The van der Waals surface area contributed by atoms with Crippen molar-refractivity contribution in [1.82, 2.24) is 20.4 Å². The van der Waals surface area contributed by atoms with Crippen molar-refractivity contribution in [2.75, 3.05) is 7.05 Å². The van der Waals surface area contributed by atoms with E-state index in [4.69, 9.17) is 0 Å². The molecule has 0 spiro atoms. The van der Waals surface area contributed by atoms with Crippen LogP contribution in [0.3, 0.4) is 0 Å². The van der Waals surface area contributed by atoms with Gasteiger partial charge < -0.3 is 10.6 Å². The predicted molar refractivity (Wildman–Crippen MR) is 115 cm³/mol. The molecular weight excluding hydrogens is 463 g/mol. The summed E-state index contributed by atoms with van der Waals surface area (Å²) < 4.78 is 29.0. The summed E-state index contributed by atoms with van der Waals surface area (Å²) in [6.45, 7) is 6.57. The normalized spacial score (nSPS) is 12.5. The van der Waals surface area contributed by atoms with E-state index >= 15 is 0 Å². The zero-order valence-electron chi connectivity index (χ0n) is 16.4. The fraction of sp³-hybridized carbons (Fsp3) is 0.474. The lowest BCUT2D eigenvalue weighted by Gasteiger charge is -2.19. The predicted octanol–water partition coefficient (Wildman–Crippen LogP) is 3.87. The molecule has 2 N–H and O–H groups in total. The highest BCUT2D eigenvalue weighted by atomic mass is 127. The molecule has 1 atom stereocenters. The Hall–Kier alpha value is -1.71. The molecule has 0 radical (unpaired) electrons. The highest BCUT2D eigenvalue weighted by Crippen LogP contribution is 2.18. The van der Waals surface area contributed by atoms with E-state index in [-0.39, 0.29) is 30.0 Å². The van der Waals surface area contributed by atoms with Gasteiger partial charge in [0.15, 0.2) is 5.96 Å². The highest BCUT2D eigenvalue weighted by molar-refractivity contribution is 14.0. The zero-order valence-corrected chi connectivity index (χ0v) is 18.8. The molecule has 1 heterocycles. The van der Waals surface area contributed by atoms with Gasteiger partial charge in [0.05, 0.1) is 11.7 Å². The Morgan fingerprint density at radius 1 is 1.26 bits per heavy atom. The standard InChI is InChI=1S/C19H27F2N5.HI/c1-6-17-15(18(7-2)26(5)25-17)11-23-19(22-4)24-12(3)14-9-8-13(20)10-16(14)21;/h8-10,12H,6-7,11H2,1-5H3,(H2,22,23,24);1H. The lowest BCUT2D eigenvalue weighted by atomic mass is 10.1. The Bertz CT molecular complexity index is 789. The third-order valence-electron chi connectivity index (χ3n) is 4.47. The van der Waals surface area contributed by atoms with Gasteiger partial charge in [-0.05, 0) is 25.8 Å². The first-order chi connectivity index (χ1) is 12.4. The number of nitrogens with one attached hydrogen (secondary N) is 2. The van der Waals surface area contributed by atoms with E-state index in [9.17, 15) is 8.78 Å². The molecule has 0 aliphatic heterocycles. The molecule has 0 amide bonds. The molecular formula is C19H28F2IN5. The third-order valence-corrected chi connectivity index (χ3v) is 4.47. The van der Waals surface area contributed by atoms with Crippen molar-refractivity contribution in [3.8, 4) is 0 Å². The molecule has 0 saturated heterocycles. The molecule has 5 nitrogen and oxygen atoms in total. The number of benzene rings is 1. The number of hydrogen-bond acceptors (Lipinski definition) is 2. The van der Waals surface area contributed by atoms with Gasteiger partial charge in [0, 0.05) is 43.5 Å². The second-order valence-corrected chi connectivity index (χ2v) is 6.16. The first kappa shape index (κ1) is 23.3. The first-order valence-corrected chi connectivity index (χ1v) is 8.86. The van der Waals surface area contributed by atoms with Crippen LogP contribution in [0.15, 0.2) is 23.2 Å². The molecule has 0 fully saturated rings. The SMILES string of the molecule is CCc1nn(C)c(CC)c1CNC(=NC)NC(C)c1ccc(F)cc1F.I. The van der Waals surface area contributed by atoms with Crippen LogP contribution in [-0.4, -0.2) is 22.8 Å². The Morgan fingerprint density at radius 3 is 2.52 bits per heavy atom. The van der Waals surface area contributed by atoms with Gasteiger partial charge in [-0.15, -0.1) is 24.0 Å². The quantitative estimate of drug-likeness (QED) is 0.367. The monoisotopic (exact) mass is 491 g/mol. The van der Waals surface area contributed by atoms with Crippen LogP contribution in [0.2, 0.25) is 0 Å². The summed E-state index contributed by atoms with van der Waals surface area (Å²) >= 11 is 0. The molecule has 0 aliphatic carbocycles. The minimum atomic E-state index is -0.586. The smallest absolute Gasteiger partial charge is 0.191 e. The average molecular weight is 491 g/mol. The molecule has 1 unspecified atom stereocenters. The van der Waals surface area contributed by atoms with Crippen molar-refractivity contribution in [3.05, 3.63) is 52.3 Å². The largest absolute Gasteiger partial charge is 0.352 e. The maximum atomic E-state index is 14.0. The number of nitrogens with zero attached hydrogens (tertiary/aromatic N) is 3. The van der Waals surface area contributed by atoms with Crippen molar-refractivity contribution in [3.63, 3.8) is 0 Å². The van der Waals surface area contributed by atoms with E-state index in [0.29, 0.717) is 18.1 Å². The van der Waals surface area contributed by atoms with Gasteiger partial charge in [-0.1, -0.05) is 19.9 Å². The molecule has 0 bridgehead atoms. The Balaban J connectivity index is 0.00000364. The second-order valence-electron chi connectivity index (χ2n) is 6.16. The van der Waals surface area contributed by atoms with Crippen molar-refractivity contribution in [2.45, 2.75) is 46.2 Å². The van der Waals surface area contributed by atoms with Crippen molar-refractivity contribution in [2.24, 2.45) is 12.0 Å². The van der Waals surface area contributed by atoms with Crippen LogP contribution >= 0.6 is 24.0 Å².